The van der Waals surface area contributed by atoms with Crippen molar-refractivity contribution >= 4 is 0 Å². The van der Waals surface area contributed by atoms with Crippen LogP contribution in [0.15, 0.2) is 30.3 Å². The summed E-state index contributed by atoms with van der Waals surface area (Å²) in [7, 11) is 0. The van der Waals surface area contributed by atoms with Crippen LogP contribution in [0.3, 0.4) is 0 Å². The van der Waals surface area contributed by atoms with E-state index in [0.29, 0.717) is 35.3 Å². The molecule has 0 aromatic heterocycles. The van der Waals surface area contributed by atoms with Crippen LogP contribution < -0.4 is 5.32 Å². The van der Waals surface area contributed by atoms with Gasteiger partial charge in [-0.3, -0.25) is 0 Å². The molecule has 2 rings (SSSR count). The van der Waals surface area contributed by atoms with Gasteiger partial charge in [0.1, 0.15) is 11.6 Å². The quantitative estimate of drug-likeness (QED) is 0.929. The summed E-state index contributed by atoms with van der Waals surface area (Å²) in [6, 6.07) is 9.71. The van der Waals surface area contributed by atoms with Crippen LogP contribution in [-0.2, 0) is 13.1 Å². The smallest absolute Gasteiger partial charge is 0.129 e. The van der Waals surface area contributed by atoms with Crippen LogP contribution in [0, 0.1) is 36.8 Å². The highest BCUT2D eigenvalue weighted by Crippen LogP contribution is 2.15. The molecule has 1 N–H and O–H groups in total. The molecule has 0 aliphatic heterocycles. The van der Waals surface area contributed by atoms with Gasteiger partial charge >= 0.3 is 0 Å². The highest BCUT2D eigenvalue weighted by Gasteiger charge is 2.06. The van der Waals surface area contributed by atoms with E-state index in [0.717, 1.165) is 5.56 Å². The minimum Gasteiger partial charge on any atom is -0.309 e. The lowest BCUT2D eigenvalue weighted by molar-refractivity contribution is 0.605. The van der Waals surface area contributed by atoms with Crippen molar-refractivity contribution in [3.05, 3.63) is 69.8 Å². The molecule has 21 heavy (non-hydrogen) atoms. The van der Waals surface area contributed by atoms with Crippen LogP contribution in [-0.4, -0.2) is 0 Å². The molecule has 2 aromatic rings. The molecular formula is C17H16F2N2. The molecule has 0 heterocycles. The zero-order valence-corrected chi connectivity index (χ0v) is 12.0. The molecule has 2 aromatic carbocycles. The number of hydrogen-bond donors (Lipinski definition) is 1. The molecule has 0 saturated heterocycles. The van der Waals surface area contributed by atoms with Gasteiger partial charge in [0.05, 0.1) is 11.6 Å². The first-order valence-corrected chi connectivity index (χ1v) is 6.66. The molecule has 0 radical (unpaired) electrons. The molecule has 4 heteroatoms. The highest BCUT2D eigenvalue weighted by atomic mass is 19.1. The normalized spacial score (nSPS) is 10.4. The van der Waals surface area contributed by atoms with Gasteiger partial charge in [0.15, 0.2) is 0 Å². The molecule has 0 atom stereocenters. The largest absolute Gasteiger partial charge is 0.309 e. The predicted molar refractivity (Wildman–Crippen MR) is 77.5 cm³/mol. The summed E-state index contributed by atoms with van der Waals surface area (Å²) in [5.74, 6) is -0.546. The highest BCUT2D eigenvalue weighted by molar-refractivity contribution is 5.38. The first-order chi connectivity index (χ1) is 10.0. The van der Waals surface area contributed by atoms with Gasteiger partial charge in [-0.25, -0.2) is 8.78 Å². The molecule has 0 amide bonds. The van der Waals surface area contributed by atoms with E-state index >= 15 is 0 Å². The topological polar surface area (TPSA) is 35.8 Å². The van der Waals surface area contributed by atoms with Crippen LogP contribution in [0.1, 0.15) is 27.8 Å². The molecule has 0 fully saturated rings. The Balaban J connectivity index is 2.05. The molecule has 0 unspecified atom stereocenters. The summed E-state index contributed by atoms with van der Waals surface area (Å²) in [4.78, 5) is 0. The van der Waals surface area contributed by atoms with Crippen LogP contribution in [0.5, 0.6) is 0 Å². The molecule has 0 aliphatic carbocycles. The number of nitrogens with one attached hydrogen (secondary N) is 1. The Morgan fingerprint density at radius 1 is 1.05 bits per heavy atom. The Morgan fingerprint density at radius 2 is 1.71 bits per heavy atom. The second-order valence-electron chi connectivity index (χ2n) is 5.06. The summed E-state index contributed by atoms with van der Waals surface area (Å²) in [5.41, 5.74) is 3.25. The van der Waals surface area contributed by atoms with E-state index in [9.17, 15) is 8.78 Å². The van der Waals surface area contributed by atoms with Gasteiger partial charge in [0, 0.05) is 13.1 Å². The average molecular weight is 286 g/mol. The van der Waals surface area contributed by atoms with Crippen molar-refractivity contribution in [1.82, 2.24) is 5.32 Å². The zero-order chi connectivity index (χ0) is 15.4. The van der Waals surface area contributed by atoms with Crippen molar-refractivity contribution in [3.8, 4) is 6.07 Å². The van der Waals surface area contributed by atoms with Gasteiger partial charge in [-0.15, -0.1) is 0 Å². The van der Waals surface area contributed by atoms with Crippen LogP contribution in [0.4, 0.5) is 8.78 Å². The third kappa shape index (κ3) is 3.65. The van der Waals surface area contributed by atoms with Crippen LogP contribution in [0.2, 0.25) is 0 Å². The number of aryl methyl sites for hydroxylation is 2. The Morgan fingerprint density at radius 3 is 2.33 bits per heavy atom. The van der Waals surface area contributed by atoms with Crippen molar-refractivity contribution < 1.29 is 8.78 Å². The Hall–Kier alpha value is -2.25. The number of hydrogen-bond acceptors (Lipinski definition) is 2. The lowest BCUT2D eigenvalue weighted by atomic mass is 10.1. The maximum Gasteiger partial charge on any atom is 0.129 e. The lowest BCUT2D eigenvalue weighted by Crippen LogP contribution is -2.14. The number of rotatable bonds is 4. The number of nitrogens with zero attached hydrogens (tertiary/aromatic N) is 1. The number of benzene rings is 2. The Bertz CT molecular complexity index is 679. The molecule has 2 nitrogen and oxygen atoms in total. The first kappa shape index (κ1) is 15.1. The van der Waals surface area contributed by atoms with Crippen molar-refractivity contribution in [2.75, 3.05) is 0 Å². The van der Waals surface area contributed by atoms with E-state index in [-0.39, 0.29) is 11.6 Å². The van der Waals surface area contributed by atoms with E-state index in [4.69, 9.17) is 5.26 Å². The molecular weight excluding hydrogens is 270 g/mol. The van der Waals surface area contributed by atoms with Gasteiger partial charge in [0.2, 0.25) is 0 Å². The fourth-order valence-corrected chi connectivity index (χ4v) is 2.30. The van der Waals surface area contributed by atoms with E-state index in [1.54, 1.807) is 26.0 Å². The van der Waals surface area contributed by atoms with Gasteiger partial charge in [0.25, 0.3) is 0 Å². The maximum atomic E-state index is 13.5. The summed E-state index contributed by atoms with van der Waals surface area (Å²) >= 11 is 0. The Kier molecular flexibility index (Phi) is 4.66. The first-order valence-electron chi connectivity index (χ1n) is 6.66. The van der Waals surface area contributed by atoms with Crippen molar-refractivity contribution in [2.24, 2.45) is 0 Å². The molecule has 0 spiro atoms. The van der Waals surface area contributed by atoms with Crippen molar-refractivity contribution in [3.63, 3.8) is 0 Å². The van der Waals surface area contributed by atoms with Crippen LogP contribution in [0.25, 0.3) is 0 Å². The monoisotopic (exact) mass is 286 g/mol. The van der Waals surface area contributed by atoms with Crippen molar-refractivity contribution in [1.29, 1.82) is 5.26 Å². The molecule has 0 bridgehead atoms. The summed E-state index contributed by atoms with van der Waals surface area (Å²) < 4.78 is 26.7. The third-order valence-electron chi connectivity index (χ3n) is 3.33. The SMILES string of the molecule is Cc1cc(CNCc2cc(F)ccc2C#N)cc(C)c1F. The second-order valence-corrected chi connectivity index (χ2v) is 5.06. The maximum absolute atomic E-state index is 13.5. The van der Waals surface area contributed by atoms with E-state index in [2.05, 4.69) is 5.32 Å². The minimum absolute atomic E-state index is 0.185. The second kappa shape index (κ2) is 6.47. The van der Waals surface area contributed by atoms with E-state index in [1.807, 2.05) is 6.07 Å². The fourth-order valence-electron chi connectivity index (χ4n) is 2.30. The molecule has 108 valence electrons. The van der Waals surface area contributed by atoms with Crippen molar-refractivity contribution in [2.45, 2.75) is 26.9 Å². The third-order valence-corrected chi connectivity index (χ3v) is 3.33. The van der Waals surface area contributed by atoms with Crippen LogP contribution >= 0.6 is 0 Å². The predicted octanol–water partition coefficient (Wildman–Crippen LogP) is 3.74. The summed E-state index contributed by atoms with van der Waals surface area (Å²) in [6.45, 7) is 4.37. The van der Waals surface area contributed by atoms with Gasteiger partial charge in [-0.1, -0.05) is 12.1 Å². The lowest BCUT2D eigenvalue weighted by Gasteiger charge is -2.09. The number of nitriles is 1. The Labute approximate surface area is 123 Å². The van der Waals surface area contributed by atoms with Gasteiger partial charge in [-0.05, 0) is 54.3 Å². The van der Waals surface area contributed by atoms with Gasteiger partial charge in [-0.2, -0.15) is 5.26 Å². The fraction of sp³-hybridized carbons (Fsp3) is 0.235. The van der Waals surface area contributed by atoms with E-state index in [1.165, 1.54) is 18.2 Å². The summed E-state index contributed by atoms with van der Waals surface area (Å²) in [5, 5.41) is 12.1. The number of halogens is 2. The summed E-state index contributed by atoms with van der Waals surface area (Å²) in [6.07, 6.45) is 0. The molecule has 0 aliphatic rings. The minimum atomic E-state index is -0.362. The average Bonchev–Trinajstić information content (AvgIpc) is 2.45. The van der Waals surface area contributed by atoms with E-state index < -0.39 is 0 Å². The molecule has 0 saturated carbocycles. The van der Waals surface area contributed by atoms with Gasteiger partial charge < -0.3 is 5.32 Å². The standard InChI is InChI=1S/C17H16F2N2/c1-11-5-13(6-12(2)17(11)19)9-21-10-15-7-16(18)4-3-14(15)8-20/h3-7,21H,9-10H2,1-2H3. The zero-order valence-electron chi connectivity index (χ0n) is 12.0.